The first-order valence-corrected chi connectivity index (χ1v) is 14.4. The van der Waals surface area contributed by atoms with Crippen molar-refractivity contribution in [3.05, 3.63) is 138 Å². The zero-order valence-electron chi connectivity index (χ0n) is 24.0. The number of carbonyl (C=O) groups excluding carboxylic acids is 1. The number of aryl methyl sites for hydroxylation is 2. The van der Waals surface area contributed by atoms with Crippen LogP contribution in [-0.2, 0) is 28.9 Å². The molecule has 5 aromatic rings. The topological polar surface area (TPSA) is 40.5 Å². The third-order valence-corrected chi connectivity index (χ3v) is 7.43. The van der Waals surface area contributed by atoms with Crippen molar-refractivity contribution in [1.29, 1.82) is 0 Å². The highest BCUT2D eigenvalue weighted by molar-refractivity contribution is 5.75. The Hall–Kier alpha value is -4.57. The van der Waals surface area contributed by atoms with Gasteiger partial charge in [0.05, 0.1) is 6.61 Å². The summed E-state index contributed by atoms with van der Waals surface area (Å²) in [5.74, 6) is 0.286. The molecule has 0 bridgehead atoms. The first-order chi connectivity index (χ1) is 20.0. The van der Waals surface area contributed by atoms with Crippen molar-refractivity contribution in [2.75, 3.05) is 6.61 Å². The molecule has 208 valence electrons. The summed E-state index contributed by atoms with van der Waals surface area (Å²) in [6, 6.07) is 39.8. The second-order valence-electron chi connectivity index (χ2n) is 10.3. The van der Waals surface area contributed by atoms with Gasteiger partial charge in [0, 0.05) is 24.4 Å². The highest BCUT2D eigenvalue weighted by atomic mass is 16.6. The van der Waals surface area contributed by atoms with Crippen LogP contribution >= 0.6 is 0 Å². The molecule has 0 aliphatic carbocycles. The highest BCUT2D eigenvalue weighted by Crippen LogP contribution is 2.28. The first kappa shape index (κ1) is 28.0. The summed E-state index contributed by atoms with van der Waals surface area (Å²) >= 11 is 0. The molecular formula is C37H37NO3. The molecule has 1 aromatic heterocycles. The van der Waals surface area contributed by atoms with Gasteiger partial charge in [0.1, 0.15) is 5.75 Å². The minimum atomic E-state index is -0.707. The number of carbonyl (C=O) groups is 1. The van der Waals surface area contributed by atoms with Gasteiger partial charge in [-0.15, -0.1) is 0 Å². The molecule has 0 unspecified atom stereocenters. The van der Waals surface area contributed by atoms with Gasteiger partial charge in [0.25, 0.3) is 0 Å². The number of rotatable bonds is 11. The number of hydrogen-bond donors (Lipinski definition) is 0. The Bertz CT molecular complexity index is 1550. The van der Waals surface area contributed by atoms with E-state index in [1.54, 1.807) is 0 Å². The van der Waals surface area contributed by atoms with E-state index in [1.807, 2.05) is 61.5 Å². The molecule has 0 radical (unpaired) electrons. The summed E-state index contributed by atoms with van der Waals surface area (Å²) in [6.45, 7) is 7.22. The van der Waals surface area contributed by atoms with Gasteiger partial charge in [-0.1, -0.05) is 85.8 Å². The fraction of sp³-hybridized carbons (Fsp3) is 0.216. The van der Waals surface area contributed by atoms with E-state index in [-0.39, 0.29) is 5.97 Å². The van der Waals surface area contributed by atoms with Crippen molar-refractivity contribution in [3.8, 4) is 28.1 Å². The summed E-state index contributed by atoms with van der Waals surface area (Å²) < 4.78 is 13.8. The van der Waals surface area contributed by atoms with Gasteiger partial charge >= 0.3 is 5.97 Å². The molecule has 0 N–H and O–H groups in total. The minimum Gasteiger partial charge on any atom is -0.478 e. The normalized spacial score (nSPS) is 11.7. The molecule has 4 nitrogen and oxygen atoms in total. The predicted octanol–water partition coefficient (Wildman–Crippen LogP) is 8.29. The molecule has 1 heterocycles. The van der Waals surface area contributed by atoms with Crippen LogP contribution in [0.25, 0.3) is 22.4 Å². The number of benzene rings is 4. The molecule has 1 atom stereocenters. The zero-order chi connectivity index (χ0) is 28.6. The van der Waals surface area contributed by atoms with Gasteiger partial charge in [0.15, 0.2) is 6.10 Å². The van der Waals surface area contributed by atoms with Crippen LogP contribution in [0.3, 0.4) is 0 Å². The van der Waals surface area contributed by atoms with Crippen molar-refractivity contribution in [2.24, 2.45) is 0 Å². The average Bonchev–Trinajstić information content (AvgIpc) is 3.37. The Morgan fingerprint density at radius 3 is 1.90 bits per heavy atom. The lowest BCUT2D eigenvalue weighted by atomic mass is 10.0. The number of esters is 1. The summed E-state index contributed by atoms with van der Waals surface area (Å²) in [7, 11) is 0. The average molecular weight is 544 g/mol. The fourth-order valence-electron chi connectivity index (χ4n) is 5.05. The largest absolute Gasteiger partial charge is 0.478 e. The number of ether oxygens (including phenoxy) is 2. The second kappa shape index (κ2) is 13.2. The first-order valence-electron chi connectivity index (χ1n) is 14.4. The molecule has 41 heavy (non-hydrogen) atoms. The van der Waals surface area contributed by atoms with Crippen molar-refractivity contribution < 1.29 is 14.3 Å². The van der Waals surface area contributed by atoms with Crippen LogP contribution in [0.2, 0.25) is 0 Å². The molecule has 0 aliphatic rings. The van der Waals surface area contributed by atoms with E-state index in [9.17, 15) is 4.79 Å². The third kappa shape index (κ3) is 6.96. The molecule has 0 spiro atoms. The summed E-state index contributed by atoms with van der Waals surface area (Å²) in [6.07, 6.45) is 0.796. The lowest BCUT2D eigenvalue weighted by Crippen LogP contribution is -2.31. The minimum absolute atomic E-state index is 0.317. The van der Waals surface area contributed by atoms with Crippen LogP contribution in [-0.4, -0.2) is 23.2 Å². The number of hydrogen-bond acceptors (Lipinski definition) is 3. The molecular weight excluding hydrogens is 506 g/mol. The van der Waals surface area contributed by atoms with Gasteiger partial charge < -0.3 is 14.0 Å². The van der Waals surface area contributed by atoms with Crippen LogP contribution < -0.4 is 4.74 Å². The van der Waals surface area contributed by atoms with E-state index < -0.39 is 6.10 Å². The van der Waals surface area contributed by atoms with Gasteiger partial charge in [-0.3, -0.25) is 0 Å². The zero-order valence-corrected chi connectivity index (χ0v) is 24.0. The lowest BCUT2D eigenvalue weighted by molar-refractivity contribution is -0.151. The Morgan fingerprint density at radius 1 is 0.683 bits per heavy atom. The van der Waals surface area contributed by atoms with Gasteiger partial charge in [-0.2, -0.15) is 0 Å². The summed E-state index contributed by atoms with van der Waals surface area (Å²) in [5.41, 5.74) is 9.52. The Labute approximate surface area is 243 Å². The van der Waals surface area contributed by atoms with Crippen LogP contribution in [0.15, 0.2) is 115 Å². The Balaban J connectivity index is 1.30. The summed E-state index contributed by atoms with van der Waals surface area (Å²) in [4.78, 5) is 12.6. The van der Waals surface area contributed by atoms with Crippen LogP contribution in [0, 0.1) is 6.92 Å². The van der Waals surface area contributed by atoms with Gasteiger partial charge in [-0.25, -0.2) is 4.79 Å². The van der Waals surface area contributed by atoms with Gasteiger partial charge in [-0.05, 0) is 90.0 Å². The number of aromatic nitrogens is 1. The lowest BCUT2D eigenvalue weighted by Gasteiger charge is -2.18. The van der Waals surface area contributed by atoms with Crippen LogP contribution in [0.1, 0.15) is 36.2 Å². The maximum absolute atomic E-state index is 12.6. The van der Waals surface area contributed by atoms with E-state index in [2.05, 4.69) is 79.1 Å². The molecule has 5 rings (SSSR count). The second-order valence-corrected chi connectivity index (χ2v) is 10.3. The quantitative estimate of drug-likeness (QED) is 0.157. The maximum Gasteiger partial charge on any atom is 0.347 e. The molecule has 0 saturated carbocycles. The van der Waals surface area contributed by atoms with E-state index in [1.165, 1.54) is 27.9 Å². The Kier molecular flexibility index (Phi) is 9.00. The predicted molar refractivity (Wildman–Crippen MR) is 166 cm³/mol. The van der Waals surface area contributed by atoms with Crippen molar-refractivity contribution in [2.45, 2.75) is 46.3 Å². The van der Waals surface area contributed by atoms with E-state index in [0.29, 0.717) is 18.8 Å². The molecule has 4 aromatic carbocycles. The highest BCUT2D eigenvalue weighted by Gasteiger charge is 2.22. The SMILES string of the molecule is CCOC(=O)[C@@H](Cc1ccccc1)Oc1ccc(-c2ccc(C)n2Cc2ccc(-c3ccc(CC)cc3)cc2)cc1. The summed E-state index contributed by atoms with van der Waals surface area (Å²) in [5, 5.41) is 0. The Morgan fingerprint density at radius 2 is 1.29 bits per heavy atom. The molecule has 4 heteroatoms. The third-order valence-electron chi connectivity index (χ3n) is 7.43. The van der Waals surface area contributed by atoms with Crippen LogP contribution in [0.4, 0.5) is 0 Å². The fourth-order valence-corrected chi connectivity index (χ4v) is 5.05. The van der Waals surface area contributed by atoms with Crippen molar-refractivity contribution >= 4 is 5.97 Å². The molecule has 0 amide bonds. The van der Waals surface area contributed by atoms with Gasteiger partial charge in [0.2, 0.25) is 0 Å². The molecule has 0 fully saturated rings. The van der Waals surface area contributed by atoms with E-state index in [4.69, 9.17) is 9.47 Å². The number of nitrogens with zero attached hydrogens (tertiary/aromatic N) is 1. The van der Waals surface area contributed by atoms with Crippen LogP contribution in [0.5, 0.6) is 5.75 Å². The molecule has 0 aliphatic heterocycles. The smallest absolute Gasteiger partial charge is 0.347 e. The maximum atomic E-state index is 12.6. The van der Waals surface area contributed by atoms with Crippen molar-refractivity contribution in [1.82, 2.24) is 4.57 Å². The monoisotopic (exact) mass is 543 g/mol. The van der Waals surface area contributed by atoms with E-state index in [0.717, 1.165) is 29.8 Å². The standard InChI is InChI=1S/C37H37NO3/c1-4-28-12-16-31(17-13-28)32-18-14-30(15-19-32)26-38-27(3)11-24-35(38)33-20-22-34(23-21-33)41-36(37(39)40-5-2)25-29-9-7-6-8-10-29/h6-24,36H,4-5,25-26H2,1-3H3/t36-/m1/s1. The molecule has 0 saturated heterocycles. The van der Waals surface area contributed by atoms with Crippen molar-refractivity contribution in [3.63, 3.8) is 0 Å². The van der Waals surface area contributed by atoms with E-state index >= 15 is 0 Å².